The second-order valence-electron chi connectivity index (χ2n) is 6.55. The molecule has 3 rings (SSSR count). The van der Waals surface area contributed by atoms with Crippen LogP contribution in [0.4, 0.5) is 0 Å². The van der Waals surface area contributed by atoms with E-state index >= 15 is 0 Å². The lowest BCUT2D eigenvalue weighted by Crippen LogP contribution is -2.27. The maximum Gasteiger partial charge on any atom is 0.242 e. The standard InChI is InChI=1S/C19H23ClN4O2S/c1-23(2)13-14-24-17-9-5-4-8-16(17)22-19(24)11-12-21-27(25,26)18-10-6-3-7-15(18)20/h3-10,21H,11-14H2,1-2H3. The number of halogens is 1. The molecule has 0 amide bonds. The first-order valence-corrected chi connectivity index (χ1v) is 10.6. The Labute approximate surface area is 164 Å². The van der Waals surface area contributed by atoms with Crippen molar-refractivity contribution in [2.45, 2.75) is 17.9 Å². The minimum absolute atomic E-state index is 0.0905. The quantitative estimate of drug-likeness (QED) is 0.624. The molecule has 8 heteroatoms. The fraction of sp³-hybridized carbons (Fsp3) is 0.316. The topological polar surface area (TPSA) is 67.2 Å². The van der Waals surface area contributed by atoms with Gasteiger partial charge in [-0.3, -0.25) is 0 Å². The van der Waals surface area contributed by atoms with Crippen molar-refractivity contribution < 1.29 is 8.42 Å². The van der Waals surface area contributed by atoms with Crippen molar-refractivity contribution in [1.29, 1.82) is 0 Å². The zero-order chi connectivity index (χ0) is 19.4. The third-order valence-corrected chi connectivity index (χ3v) is 6.23. The van der Waals surface area contributed by atoms with Gasteiger partial charge in [-0.25, -0.2) is 18.1 Å². The average molecular weight is 407 g/mol. The molecule has 144 valence electrons. The normalized spacial score (nSPS) is 12.1. The van der Waals surface area contributed by atoms with E-state index in [-0.39, 0.29) is 16.5 Å². The Balaban J connectivity index is 1.77. The van der Waals surface area contributed by atoms with Crippen LogP contribution < -0.4 is 4.72 Å². The summed E-state index contributed by atoms with van der Waals surface area (Å²) >= 11 is 6.01. The first-order chi connectivity index (χ1) is 12.9. The SMILES string of the molecule is CN(C)CCn1c(CCNS(=O)(=O)c2ccccc2Cl)nc2ccccc21. The van der Waals surface area contributed by atoms with Crippen LogP contribution in [0.5, 0.6) is 0 Å². The van der Waals surface area contributed by atoms with Gasteiger partial charge in [0.05, 0.1) is 16.1 Å². The molecule has 0 aliphatic heterocycles. The van der Waals surface area contributed by atoms with Crippen molar-refractivity contribution >= 4 is 32.7 Å². The Hall–Kier alpha value is -1.93. The number of benzene rings is 2. The summed E-state index contributed by atoms with van der Waals surface area (Å²) in [5.41, 5.74) is 1.98. The number of hydrogen-bond acceptors (Lipinski definition) is 4. The lowest BCUT2D eigenvalue weighted by atomic mass is 10.3. The number of likely N-dealkylation sites (N-methyl/N-ethyl adjacent to an activating group) is 1. The van der Waals surface area contributed by atoms with Crippen LogP contribution in [0.25, 0.3) is 11.0 Å². The molecule has 1 aromatic heterocycles. The van der Waals surface area contributed by atoms with Crippen molar-refractivity contribution in [2.75, 3.05) is 27.2 Å². The van der Waals surface area contributed by atoms with Gasteiger partial charge in [-0.1, -0.05) is 35.9 Å². The number of nitrogens with one attached hydrogen (secondary N) is 1. The lowest BCUT2D eigenvalue weighted by Gasteiger charge is -2.14. The highest BCUT2D eigenvalue weighted by atomic mass is 35.5. The fourth-order valence-corrected chi connectivity index (χ4v) is 4.45. The fourth-order valence-electron chi connectivity index (χ4n) is 2.90. The van der Waals surface area contributed by atoms with Gasteiger partial charge in [0.1, 0.15) is 10.7 Å². The average Bonchev–Trinajstić information content (AvgIpc) is 2.97. The Kier molecular flexibility index (Phi) is 6.16. The molecule has 0 spiro atoms. The van der Waals surface area contributed by atoms with Crippen LogP contribution in [0.3, 0.4) is 0 Å². The molecule has 1 N–H and O–H groups in total. The number of hydrogen-bond donors (Lipinski definition) is 1. The van der Waals surface area contributed by atoms with Gasteiger partial charge in [0.25, 0.3) is 0 Å². The maximum atomic E-state index is 12.5. The Morgan fingerprint density at radius 3 is 2.56 bits per heavy atom. The minimum Gasteiger partial charge on any atom is -0.327 e. The van der Waals surface area contributed by atoms with E-state index < -0.39 is 10.0 Å². The predicted octanol–water partition coefficient (Wildman–Crippen LogP) is 2.77. The molecular formula is C19H23ClN4O2S. The van der Waals surface area contributed by atoms with Gasteiger partial charge in [0, 0.05) is 26.1 Å². The van der Waals surface area contributed by atoms with Crippen LogP contribution in [0.1, 0.15) is 5.82 Å². The number of sulfonamides is 1. The van der Waals surface area contributed by atoms with Crippen molar-refractivity contribution in [3.63, 3.8) is 0 Å². The van der Waals surface area contributed by atoms with Crippen molar-refractivity contribution in [3.8, 4) is 0 Å². The van der Waals surface area contributed by atoms with Gasteiger partial charge in [-0.15, -0.1) is 0 Å². The van der Waals surface area contributed by atoms with Crippen molar-refractivity contribution in [3.05, 3.63) is 59.4 Å². The third-order valence-electron chi connectivity index (χ3n) is 4.27. The first kappa shape index (κ1) is 19.8. The molecule has 0 radical (unpaired) electrons. The molecule has 0 unspecified atom stereocenters. The molecule has 1 heterocycles. The molecule has 27 heavy (non-hydrogen) atoms. The molecular weight excluding hydrogens is 384 g/mol. The molecule has 0 aliphatic rings. The summed E-state index contributed by atoms with van der Waals surface area (Å²) in [5, 5.41) is 0.211. The highest BCUT2D eigenvalue weighted by Gasteiger charge is 2.18. The van der Waals surface area contributed by atoms with E-state index in [9.17, 15) is 8.42 Å². The van der Waals surface area contributed by atoms with Crippen molar-refractivity contribution in [2.24, 2.45) is 0 Å². The van der Waals surface area contributed by atoms with E-state index in [4.69, 9.17) is 11.6 Å². The predicted molar refractivity (Wildman–Crippen MR) is 109 cm³/mol. The Morgan fingerprint density at radius 2 is 1.81 bits per heavy atom. The van der Waals surface area contributed by atoms with Crippen LogP contribution >= 0.6 is 11.6 Å². The van der Waals surface area contributed by atoms with Gasteiger partial charge in [0.15, 0.2) is 0 Å². The Morgan fingerprint density at radius 1 is 1.11 bits per heavy atom. The molecule has 0 saturated heterocycles. The summed E-state index contributed by atoms with van der Waals surface area (Å²) < 4.78 is 29.7. The summed E-state index contributed by atoms with van der Waals surface area (Å²) in [6, 6.07) is 14.4. The zero-order valence-electron chi connectivity index (χ0n) is 15.4. The largest absolute Gasteiger partial charge is 0.327 e. The summed E-state index contributed by atoms with van der Waals surface area (Å²) in [5.74, 6) is 0.861. The van der Waals surface area contributed by atoms with Gasteiger partial charge in [0.2, 0.25) is 10.0 Å². The van der Waals surface area contributed by atoms with E-state index in [2.05, 4.69) is 19.2 Å². The van der Waals surface area contributed by atoms with E-state index in [0.29, 0.717) is 6.42 Å². The monoisotopic (exact) mass is 406 g/mol. The van der Waals surface area contributed by atoms with Crippen LogP contribution in [0.2, 0.25) is 5.02 Å². The summed E-state index contributed by atoms with van der Waals surface area (Å²) in [7, 11) is 0.392. The summed E-state index contributed by atoms with van der Waals surface area (Å²) in [6.45, 7) is 1.91. The third kappa shape index (κ3) is 4.68. The smallest absolute Gasteiger partial charge is 0.242 e. The highest BCUT2D eigenvalue weighted by Crippen LogP contribution is 2.20. The Bertz CT molecular complexity index is 1030. The molecule has 0 atom stereocenters. The lowest BCUT2D eigenvalue weighted by molar-refractivity contribution is 0.383. The number of imidazole rings is 1. The second kappa shape index (κ2) is 8.39. The number of aromatic nitrogens is 2. The molecule has 2 aromatic carbocycles. The van der Waals surface area contributed by atoms with E-state index in [1.54, 1.807) is 18.2 Å². The molecule has 0 saturated carbocycles. The first-order valence-electron chi connectivity index (χ1n) is 8.71. The van der Waals surface area contributed by atoms with E-state index in [1.807, 2.05) is 38.4 Å². The van der Waals surface area contributed by atoms with E-state index in [0.717, 1.165) is 29.9 Å². The molecule has 3 aromatic rings. The second-order valence-corrected chi connectivity index (χ2v) is 8.69. The minimum atomic E-state index is -3.66. The maximum absolute atomic E-state index is 12.5. The van der Waals surface area contributed by atoms with Crippen LogP contribution in [0, 0.1) is 0 Å². The molecule has 6 nitrogen and oxygen atoms in total. The summed E-state index contributed by atoms with van der Waals surface area (Å²) in [6.07, 6.45) is 0.492. The van der Waals surface area contributed by atoms with E-state index in [1.165, 1.54) is 6.07 Å². The van der Waals surface area contributed by atoms with Crippen LogP contribution in [-0.4, -0.2) is 50.1 Å². The summed E-state index contributed by atoms with van der Waals surface area (Å²) in [4.78, 5) is 6.88. The van der Waals surface area contributed by atoms with Gasteiger partial charge in [-0.05, 0) is 38.4 Å². The number of rotatable bonds is 8. The molecule has 0 fully saturated rings. The van der Waals surface area contributed by atoms with Crippen LogP contribution in [0.15, 0.2) is 53.4 Å². The molecule has 0 bridgehead atoms. The molecule has 0 aliphatic carbocycles. The van der Waals surface area contributed by atoms with Gasteiger partial charge in [-0.2, -0.15) is 0 Å². The number of para-hydroxylation sites is 2. The number of fused-ring (bicyclic) bond motifs is 1. The van der Waals surface area contributed by atoms with Crippen LogP contribution in [-0.2, 0) is 23.0 Å². The highest BCUT2D eigenvalue weighted by molar-refractivity contribution is 7.89. The van der Waals surface area contributed by atoms with Crippen molar-refractivity contribution in [1.82, 2.24) is 19.2 Å². The number of nitrogens with zero attached hydrogens (tertiary/aromatic N) is 3. The van der Waals surface area contributed by atoms with Gasteiger partial charge >= 0.3 is 0 Å². The zero-order valence-corrected chi connectivity index (χ0v) is 17.0. The van der Waals surface area contributed by atoms with Gasteiger partial charge < -0.3 is 9.47 Å².